The van der Waals surface area contributed by atoms with E-state index in [-0.39, 0.29) is 36.8 Å². The smallest absolute Gasteiger partial charge is 0.242 e. The van der Waals surface area contributed by atoms with Crippen molar-refractivity contribution in [2.75, 3.05) is 5.32 Å². The number of carbonyl (C=O) groups excluding carboxylic acids is 1. The molecule has 0 aliphatic carbocycles. The van der Waals surface area contributed by atoms with Gasteiger partial charge >= 0.3 is 0 Å². The lowest BCUT2D eigenvalue weighted by Crippen LogP contribution is -2.35. The zero-order valence-corrected chi connectivity index (χ0v) is 11.8. The molecular formula is C10H20Cl2N4O. The van der Waals surface area contributed by atoms with Gasteiger partial charge in [-0.05, 0) is 20.3 Å². The van der Waals surface area contributed by atoms with E-state index in [9.17, 15) is 4.79 Å². The second-order valence-corrected chi connectivity index (χ2v) is 3.76. The van der Waals surface area contributed by atoms with E-state index in [1.165, 1.54) is 0 Å². The van der Waals surface area contributed by atoms with Crippen molar-refractivity contribution in [1.82, 2.24) is 9.78 Å². The van der Waals surface area contributed by atoms with Crippen molar-refractivity contribution in [3.05, 3.63) is 12.3 Å². The summed E-state index contributed by atoms with van der Waals surface area (Å²) in [6.45, 7) is 5.88. The van der Waals surface area contributed by atoms with Crippen LogP contribution in [0.2, 0.25) is 0 Å². The molecule has 0 aromatic carbocycles. The van der Waals surface area contributed by atoms with Crippen LogP contribution in [0.3, 0.4) is 0 Å². The molecule has 17 heavy (non-hydrogen) atoms. The summed E-state index contributed by atoms with van der Waals surface area (Å²) in [4.78, 5) is 11.5. The highest BCUT2D eigenvalue weighted by atomic mass is 35.5. The first kappa shape index (κ1) is 18.6. The van der Waals surface area contributed by atoms with Gasteiger partial charge in [-0.25, -0.2) is 4.68 Å². The molecule has 1 unspecified atom stereocenters. The van der Waals surface area contributed by atoms with Gasteiger partial charge in [0.25, 0.3) is 0 Å². The molecule has 5 nitrogen and oxygen atoms in total. The quantitative estimate of drug-likeness (QED) is 0.887. The van der Waals surface area contributed by atoms with Gasteiger partial charge in [-0.2, -0.15) is 5.10 Å². The summed E-state index contributed by atoms with van der Waals surface area (Å²) in [6.07, 6.45) is 2.29. The van der Waals surface area contributed by atoms with Crippen LogP contribution in [0.5, 0.6) is 0 Å². The first-order chi connectivity index (χ1) is 7.06. The predicted octanol–water partition coefficient (Wildman–Crippen LogP) is 1.98. The molecule has 1 aromatic rings. The van der Waals surface area contributed by atoms with Gasteiger partial charge in [0.2, 0.25) is 5.91 Å². The number of amides is 1. The molecule has 3 N–H and O–H groups in total. The van der Waals surface area contributed by atoms with Crippen LogP contribution in [0.15, 0.2) is 12.3 Å². The molecule has 100 valence electrons. The SMILES string of the molecule is CCC(N)C(=O)Nc1ccnn1C(C)C.Cl.Cl. The first-order valence-electron chi connectivity index (χ1n) is 5.16. The molecule has 0 fully saturated rings. The van der Waals surface area contributed by atoms with Crippen LogP contribution in [0, 0.1) is 0 Å². The van der Waals surface area contributed by atoms with E-state index < -0.39 is 6.04 Å². The average Bonchev–Trinajstić information content (AvgIpc) is 2.64. The van der Waals surface area contributed by atoms with Crippen molar-refractivity contribution in [2.24, 2.45) is 5.73 Å². The Hall–Kier alpha value is -0.780. The second kappa shape index (κ2) is 8.33. The number of aromatic nitrogens is 2. The van der Waals surface area contributed by atoms with Crippen LogP contribution < -0.4 is 11.1 Å². The van der Waals surface area contributed by atoms with Gasteiger partial charge in [-0.3, -0.25) is 4.79 Å². The number of carbonyl (C=O) groups is 1. The Kier molecular flexibility index (Phi) is 9.11. The highest BCUT2D eigenvalue weighted by Crippen LogP contribution is 2.13. The molecule has 0 radical (unpaired) electrons. The Morgan fingerprint density at radius 1 is 1.53 bits per heavy atom. The zero-order valence-electron chi connectivity index (χ0n) is 10.2. The lowest BCUT2D eigenvalue weighted by molar-refractivity contribution is -0.117. The number of anilines is 1. The van der Waals surface area contributed by atoms with E-state index >= 15 is 0 Å². The van der Waals surface area contributed by atoms with Crippen LogP contribution in [0.4, 0.5) is 5.82 Å². The number of rotatable bonds is 4. The third-order valence-electron chi connectivity index (χ3n) is 2.19. The average molecular weight is 283 g/mol. The van der Waals surface area contributed by atoms with Crippen LogP contribution in [-0.4, -0.2) is 21.7 Å². The Labute approximate surface area is 114 Å². The maximum atomic E-state index is 11.5. The van der Waals surface area contributed by atoms with Crippen molar-refractivity contribution < 1.29 is 4.79 Å². The standard InChI is InChI=1S/C10H18N4O.2ClH/c1-4-8(11)10(15)13-9-5-6-12-14(9)7(2)3;;/h5-8H,4,11H2,1-3H3,(H,13,15);2*1H. The van der Waals surface area contributed by atoms with Crippen molar-refractivity contribution in [2.45, 2.75) is 39.3 Å². The Morgan fingerprint density at radius 3 is 2.59 bits per heavy atom. The van der Waals surface area contributed by atoms with E-state index in [4.69, 9.17) is 5.73 Å². The third-order valence-corrected chi connectivity index (χ3v) is 2.19. The maximum absolute atomic E-state index is 11.5. The third kappa shape index (κ3) is 4.93. The van der Waals surface area contributed by atoms with E-state index in [1.54, 1.807) is 16.9 Å². The molecule has 0 aliphatic rings. The predicted molar refractivity (Wildman–Crippen MR) is 74.0 cm³/mol. The summed E-state index contributed by atoms with van der Waals surface area (Å²) in [5, 5.41) is 6.87. The van der Waals surface area contributed by atoms with Crippen molar-refractivity contribution in [3.8, 4) is 0 Å². The highest BCUT2D eigenvalue weighted by molar-refractivity contribution is 5.93. The lowest BCUT2D eigenvalue weighted by atomic mass is 10.2. The molecule has 1 amide bonds. The van der Waals surface area contributed by atoms with Gasteiger partial charge in [0.1, 0.15) is 5.82 Å². The fraction of sp³-hybridized carbons (Fsp3) is 0.600. The number of hydrogen-bond donors (Lipinski definition) is 2. The molecule has 0 spiro atoms. The molecule has 7 heteroatoms. The maximum Gasteiger partial charge on any atom is 0.242 e. The Balaban J connectivity index is 0. The number of halogens is 2. The van der Waals surface area contributed by atoms with Gasteiger partial charge < -0.3 is 11.1 Å². The monoisotopic (exact) mass is 282 g/mol. The molecule has 0 bridgehead atoms. The van der Waals surface area contributed by atoms with Crippen molar-refractivity contribution >= 4 is 36.5 Å². The Morgan fingerprint density at radius 2 is 2.12 bits per heavy atom. The van der Waals surface area contributed by atoms with Crippen LogP contribution in [0.25, 0.3) is 0 Å². The Bertz CT molecular complexity index is 341. The van der Waals surface area contributed by atoms with E-state index in [2.05, 4.69) is 10.4 Å². The fourth-order valence-electron chi connectivity index (χ4n) is 1.23. The molecule has 0 aliphatic heterocycles. The van der Waals surface area contributed by atoms with E-state index in [0.29, 0.717) is 12.2 Å². The van der Waals surface area contributed by atoms with Gasteiger partial charge in [0, 0.05) is 12.1 Å². The zero-order chi connectivity index (χ0) is 11.4. The minimum Gasteiger partial charge on any atom is -0.320 e. The fourth-order valence-corrected chi connectivity index (χ4v) is 1.23. The normalized spacial score (nSPS) is 11.4. The minimum absolute atomic E-state index is 0. The summed E-state index contributed by atoms with van der Waals surface area (Å²) < 4.78 is 1.75. The second-order valence-electron chi connectivity index (χ2n) is 3.76. The number of nitrogens with two attached hydrogens (primary N) is 1. The number of nitrogens with one attached hydrogen (secondary N) is 1. The van der Waals surface area contributed by atoms with Gasteiger partial charge in [0.05, 0.1) is 12.2 Å². The molecule has 1 heterocycles. The molecule has 0 saturated carbocycles. The largest absolute Gasteiger partial charge is 0.320 e. The van der Waals surface area contributed by atoms with Crippen LogP contribution in [-0.2, 0) is 4.79 Å². The van der Waals surface area contributed by atoms with Crippen molar-refractivity contribution in [3.63, 3.8) is 0 Å². The summed E-state index contributed by atoms with van der Waals surface area (Å²) >= 11 is 0. The molecule has 1 rings (SSSR count). The molecule has 1 aromatic heterocycles. The minimum atomic E-state index is -0.458. The van der Waals surface area contributed by atoms with E-state index in [1.807, 2.05) is 20.8 Å². The van der Waals surface area contributed by atoms with Gasteiger partial charge in [0.15, 0.2) is 0 Å². The van der Waals surface area contributed by atoms with E-state index in [0.717, 1.165) is 0 Å². The van der Waals surface area contributed by atoms with Crippen molar-refractivity contribution in [1.29, 1.82) is 0 Å². The van der Waals surface area contributed by atoms with Crippen LogP contribution >= 0.6 is 24.8 Å². The lowest BCUT2D eigenvalue weighted by Gasteiger charge is -2.13. The summed E-state index contributed by atoms with van der Waals surface area (Å²) in [5.74, 6) is 0.527. The number of hydrogen-bond acceptors (Lipinski definition) is 3. The molecule has 0 saturated heterocycles. The summed E-state index contributed by atoms with van der Waals surface area (Å²) in [6, 6.07) is 1.52. The molecule has 1 atom stereocenters. The topological polar surface area (TPSA) is 72.9 Å². The summed E-state index contributed by atoms with van der Waals surface area (Å²) in [7, 11) is 0. The van der Waals surface area contributed by atoms with Gasteiger partial charge in [-0.1, -0.05) is 6.92 Å². The van der Waals surface area contributed by atoms with Crippen LogP contribution in [0.1, 0.15) is 33.2 Å². The number of nitrogens with zero attached hydrogens (tertiary/aromatic N) is 2. The van der Waals surface area contributed by atoms with Gasteiger partial charge in [-0.15, -0.1) is 24.8 Å². The molecular weight excluding hydrogens is 263 g/mol. The highest BCUT2D eigenvalue weighted by Gasteiger charge is 2.14. The first-order valence-corrected chi connectivity index (χ1v) is 5.16. The summed E-state index contributed by atoms with van der Waals surface area (Å²) in [5.41, 5.74) is 5.62.